The second-order valence-electron chi connectivity index (χ2n) is 4.94. The van der Waals surface area contributed by atoms with E-state index in [1.807, 2.05) is 24.7 Å². The molecule has 1 N–H and O–H groups in total. The van der Waals surface area contributed by atoms with Crippen molar-refractivity contribution < 1.29 is 0 Å². The van der Waals surface area contributed by atoms with Crippen LogP contribution in [0.15, 0.2) is 47.8 Å². The van der Waals surface area contributed by atoms with E-state index in [0.717, 1.165) is 26.9 Å². The molecule has 0 fully saturated rings. The number of fused-ring (bicyclic) bond motifs is 1. The Hall–Kier alpha value is -2.51. The van der Waals surface area contributed by atoms with Crippen molar-refractivity contribution in [3.8, 4) is 23.6 Å². The number of pyridine rings is 2. The number of anilines is 1. The Morgan fingerprint density at radius 1 is 1.09 bits per heavy atom. The van der Waals surface area contributed by atoms with Crippen molar-refractivity contribution in [2.24, 2.45) is 0 Å². The number of hydrogen-bond acceptors (Lipinski definition) is 4. The zero-order valence-electron chi connectivity index (χ0n) is 12.4. The van der Waals surface area contributed by atoms with Crippen LogP contribution in [0, 0.1) is 19.4 Å². The maximum Gasteiger partial charge on any atom is 0.138 e. The second-order valence-corrected chi connectivity index (χ2v) is 5.77. The van der Waals surface area contributed by atoms with E-state index in [2.05, 4.69) is 52.5 Å². The molecule has 0 saturated carbocycles. The first kappa shape index (κ1) is 14.4. The van der Waals surface area contributed by atoms with E-state index in [-0.39, 0.29) is 0 Å². The van der Waals surface area contributed by atoms with Crippen molar-refractivity contribution in [3.63, 3.8) is 0 Å². The fraction of sp³-hybridized carbons (Fsp3) is 0.111. The summed E-state index contributed by atoms with van der Waals surface area (Å²) in [7, 11) is 0. The highest BCUT2D eigenvalue weighted by Gasteiger charge is 2.06. The third-order valence-corrected chi connectivity index (χ3v) is 4.17. The van der Waals surface area contributed by atoms with Crippen molar-refractivity contribution in [2.75, 3.05) is 11.6 Å². The average molecular weight is 305 g/mol. The zero-order valence-corrected chi connectivity index (χ0v) is 13.2. The van der Waals surface area contributed by atoms with Gasteiger partial charge in [0, 0.05) is 29.4 Å². The second kappa shape index (κ2) is 6.08. The molecule has 0 saturated heterocycles. The largest absolute Gasteiger partial charge is 0.300 e. The van der Waals surface area contributed by atoms with Crippen LogP contribution in [0.3, 0.4) is 0 Å². The molecule has 0 atom stereocenters. The molecule has 0 radical (unpaired) electrons. The molecule has 3 nitrogen and oxygen atoms in total. The van der Waals surface area contributed by atoms with Crippen LogP contribution < -0.4 is 5.32 Å². The van der Waals surface area contributed by atoms with E-state index in [4.69, 9.17) is 6.42 Å². The Morgan fingerprint density at radius 2 is 1.95 bits per heavy atom. The number of nitrogens with zero attached hydrogens (tertiary/aromatic N) is 2. The van der Waals surface area contributed by atoms with Gasteiger partial charge in [-0.25, -0.2) is 9.97 Å². The maximum absolute atomic E-state index is 5.24. The number of hydrogen-bond donors (Lipinski definition) is 1. The third kappa shape index (κ3) is 2.76. The molecule has 0 aliphatic heterocycles. The van der Waals surface area contributed by atoms with Gasteiger partial charge in [0.2, 0.25) is 0 Å². The standard InChI is InChI=1S/C18H15N3S/c1-4-19-17-9-13-5-6-14(8-15(13)10-20-17)16-11-21-18(22-3)7-12(16)2/h1,5-11H,2-3H3,(H,19,20). The molecule has 0 amide bonds. The molecule has 0 aliphatic carbocycles. The highest BCUT2D eigenvalue weighted by molar-refractivity contribution is 7.98. The summed E-state index contributed by atoms with van der Waals surface area (Å²) >= 11 is 1.65. The van der Waals surface area contributed by atoms with Gasteiger partial charge in [-0.15, -0.1) is 11.8 Å². The molecule has 0 spiro atoms. The highest BCUT2D eigenvalue weighted by Crippen LogP contribution is 2.28. The van der Waals surface area contributed by atoms with Crippen molar-refractivity contribution in [2.45, 2.75) is 11.9 Å². The molecular formula is C18H15N3S. The van der Waals surface area contributed by atoms with Gasteiger partial charge in [0.1, 0.15) is 5.82 Å². The van der Waals surface area contributed by atoms with Gasteiger partial charge in [-0.3, -0.25) is 5.32 Å². The van der Waals surface area contributed by atoms with Gasteiger partial charge in [0.15, 0.2) is 0 Å². The van der Waals surface area contributed by atoms with Crippen LogP contribution >= 0.6 is 11.8 Å². The van der Waals surface area contributed by atoms with Gasteiger partial charge in [0.05, 0.1) is 5.03 Å². The molecular weight excluding hydrogens is 290 g/mol. The van der Waals surface area contributed by atoms with E-state index in [0.29, 0.717) is 5.82 Å². The normalized spacial score (nSPS) is 10.4. The smallest absolute Gasteiger partial charge is 0.138 e. The molecule has 3 aromatic rings. The lowest BCUT2D eigenvalue weighted by Crippen LogP contribution is -1.91. The summed E-state index contributed by atoms with van der Waals surface area (Å²) < 4.78 is 0. The van der Waals surface area contributed by atoms with Crippen LogP contribution in [-0.4, -0.2) is 16.2 Å². The van der Waals surface area contributed by atoms with Gasteiger partial charge in [-0.05, 0) is 47.9 Å². The first-order valence-electron chi connectivity index (χ1n) is 6.83. The molecule has 0 aliphatic rings. The number of thioether (sulfide) groups is 1. The Morgan fingerprint density at radius 3 is 2.68 bits per heavy atom. The van der Waals surface area contributed by atoms with Crippen molar-refractivity contribution in [1.82, 2.24) is 9.97 Å². The monoisotopic (exact) mass is 305 g/mol. The zero-order chi connectivity index (χ0) is 15.5. The van der Waals surface area contributed by atoms with E-state index in [1.165, 1.54) is 5.56 Å². The lowest BCUT2D eigenvalue weighted by Gasteiger charge is -2.09. The van der Waals surface area contributed by atoms with Crippen molar-refractivity contribution in [3.05, 3.63) is 48.3 Å². The molecule has 4 heteroatoms. The highest BCUT2D eigenvalue weighted by atomic mass is 32.2. The van der Waals surface area contributed by atoms with Crippen LogP contribution in [0.2, 0.25) is 0 Å². The predicted octanol–water partition coefficient (Wildman–Crippen LogP) is 4.33. The fourth-order valence-corrected chi connectivity index (χ4v) is 2.85. The third-order valence-electron chi connectivity index (χ3n) is 3.53. The minimum atomic E-state index is 0.685. The lowest BCUT2D eigenvalue weighted by molar-refractivity contribution is 1.12. The van der Waals surface area contributed by atoms with Gasteiger partial charge in [-0.2, -0.15) is 0 Å². The summed E-state index contributed by atoms with van der Waals surface area (Å²) in [6, 6.07) is 12.8. The molecule has 2 heterocycles. The van der Waals surface area contributed by atoms with Crippen LogP contribution in [-0.2, 0) is 0 Å². The summed E-state index contributed by atoms with van der Waals surface area (Å²) in [4.78, 5) is 8.78. The molecule has 0 unspecified atom stereocenters. The summed E-state index contributed by atoms with van der Waals surface area (Å²) in [5.74, 6) is 0.685. The van der Waals surface area contributed by atoms with Crippen LogP contribution in [0.4, 0.5) is 5.82 Å². The first-order valence-corrected chi connectivity index (χ1v) is 8.06. The summed E-state index contributed by atoms with van der Waals surface area (Å²) in [5, 5.41) is 5.99. The SMILES string of the molecule is C#CNc1cc2ccc(-c3cnc(SC)cc3C)cc2cn1. The van der Waals surface area contributed by atoms with Gasteiger partial charge >= 0.3 is 0 Å². The Kier molecular flexibility index (Phi) is 3.99. The van der Waals surface area contributed by atoms with Gasteiger partial charge in [-0.1, -0.05) is 18.6 Å². The Balaban J connectivity index is 2.05. The Bertz CT molecular complexity index is 881. The van der Waals surface area contributed by atoms with E-state index in [9.17, 15) is 0 Å². The van der Waals surface area contributed by atoms with E-state index < -0.39 is 0 Å². The minimum absolute atomic E-state index is 0.685. The molecule has 108 valence electrons. The summed E-state index contributed by atoms with van der Waals surface area (Å²) in [6.45, 7) is 2.11. The molecule has 2 aromatic heterocycles. The van der Waals surface area contributed by atoms with Gasteiger partial charge in [0.25, 0.3) is 0 Å². The van der Waals surface area contributed by atoms with Crippen LogP contribution in [0.5, 0.6) is 0 Å². The van der Waals surface area contributed by atoms with Crippen LogP contribution in [0.25, 0.3) is 21.9 Å². The number of aromatic nitrogens is 2. The minimum Gasteiger partial charge on any atom is -0.300 e. The van der Waals surface area contributed by atoms with Crippen molar-refractivity contribution in [1.29, 1.82) is 0 Å². The fourth-order valence-electron chi connectivity index (χ4n) is 2.40. The summed E-state index contributed by atoms with van der Waals surface area (Å²) in [6.07, 6.45) is 11.0. The molecule has 1 aromatic carbocycles. The topological polar surface area (TPSA) is 37.8 Å². The van der Waals surface area contributed by atoms with E-state index >= 15 is 0 Å². The van der Waals surface area contributed by atoms with Crippen molar-refractivity contribution >= 4 is 28.4 Å². The number of rotatable bonds is 3. The first-order chi connectivity index (χ1) is 10.7. The number of terminal acetylenes is 1. The predicted molar refractivity (Wildman–Crippen MR) is 93.9 cm³/mol. The lowest BCUT2D eigenvalue weighted by atomic mass is 10.0. The molecule has 22 heavy (non-hydrogen) atoms. The maximum atomic E-state index is 5.24. The number of aryl methyl sites for hydroxylation is 1. The number of nitrogens with one attached hydrogen (secondary N) is 1. The number of benzene rings is 1. The van der Waals surface area contributed by atoms with Gasteiger partial charge < -0.3 is 0 Å². The average Bonchev–Trinajstić information content (AvgIpc) is 2.54. The molecule has 0 bridgehead atoms. The Labute approximate surface area is 134 Å². The summed E-state index contributed by atoms with van der Waals surface area (Å²) in [5.41, 5.74) is 3.51. The van der Waals surface area contributed by atoms with E-state index in [1.54, 1.807) is 11.8 Å². The quantitative estimate of drug-likeness (QED) is 0.444. The van der Waals surface area contributed by atoms with Crippen LogP contribution in [0.1, 0.15) is 5.56 Å². The molecule has 3 rings (SSSR count).